The highest BCUT2D eigenvalue weighted by atomic mass is 16.2. The molecule has 1 aromatic heterocycles. The lowest BCUT2D eigenvalue weighted by Crippen LogP contribution is -2.45. The Kier molecular flexibility index (Phi) is 3.95. The van der Waals surface area contributed by atoms with Gasteiger partial charge in [-0.25, -0.2) is 4.79 Å². The first-order chi connectivity index (χ1) is 12.6. The lowest BCUT2D eigenvalue weighted by molar-refractivity contribution is 0.0460. The Morgan fingerprint density at radius 1 is 1.15 bits per heavy atom. The van der Waals surface area contributed by atoms with Crippen molar-refractivity contribution in [3.05, 3.63) is 80.5 Å². The molecule has 0 saturated carbocycles. The van der Waals surface area contributed by atoms with Crippen LogP contribution in [0.25, 0.3) is 10.9 Å². The highest BCUT2D eigenvalue weighted by Crippen LogP contribution is 2.34. The van der Waals surface area contributed by atoms with Crippen LogP contribution in [0.15, 0.2) is 58.1 Å². The topological polar surface area (TPSA) is 75.2 Å². The van der Waals surface area contributed by atoms with Crippen LogP contribution < -0.4 is 11.2 Å². The predicted octanol–water partition coefficient (Wildman–Crippen LogP) is 2.30. The average Bonchev–Trinajstić information content (AvgIpc) is 2.61. The number of hydrogen-bond donors (Lipinski definition) is 1. The molecule has 1 N–H and O–H groups in total. The molecule has 1 unspecified atom stereocenters. The first kappa shape index (κ1) is 16.3. The van der Waals surface area contributed by atoms with E-state index in [1.165, 1.54) is 0 Å². The predicted molar refractivity (Wildman–Crippen MR) is 99.3 cm³/mol. The molecular weight excluding hydrogens is 330 g/mol. The van der Waals surface area contributed by atoms with E-state index in [1.54, 1.807) is 25.1 Å². The highest BCUT2D eigenvalue weighted by Gasteiger charge is 2.33. The maximum atomic E-state index is 12.9. The average molecular weight is 349 g/mol. The zero-order valence-corrected chi connectivity index (χ0v) is 14.4. The van der Waals surface area contributed by atoms with Crippen LogP contribution in [0.2, 0.25) is 0 Å². The number of aromatic nitrogens is 2. The van der Waals surface area contributed by atoms with Crippen molar-refractivity contribution in [3.63, 3.8) is 0 Å². The van der Waals surface area contributed by atoms with E-state index >= 15 is 0 Å². The number of carbonyl (C=O) groups is 1. The SMILES string of the molecule is CCn1c(=O)[nH]c2cc(C(=O)N3CCC3c3ccccc3)ccc2c1=O. The molecule has 2 heterocycles. The second-order valence-corrected chi connectivity index (χ2v) is 6.45. The van der Waals surface area contributed by atoms with Crippen molar-refractivity contribution in [2.45, 2.75) is 25.9 Å². The third-order valence-electron chi connectivity index (χ3n) is 5.01. The van der Waals surface area contributed by atoms with E-state index in [4.69, 9.17) is 0 Å². The molecule has 1 aliphatic heterocycles. The van der Waals surface area contributed by atoms with Crippen LogP contribution in [-0.4, -0.2) is 26.9 Å². The standard InChI is InChI=1S/C20H19N3O3/c1-2-22-19(25)15-9-8-14(12-16(15)21-20(22)26)18(24)23-11-10-17(23)13-6-4-3-5-7-13/h3-9,12,17H,2,10-11H2,1H3,(H,21,26). The fourth-order valence-corrected chi connectivity index (χ4v) is 3.49. The quantitative estimate of drug-likeness (QED) is 0.788. The molecular formula is C20H19N3O3. The van der Waals surface area contributed by atoms with Crippen LogP contribution in [0.5, 0.6) is 0 Å². The maximum Gasteiger partial charge on any atom is 0.328 e. The summed E-state index contributed by atoms with van der Waals surface area (Å²) in [6.07, 6.45) is 0.932. The summed E-state index contributed by atoms with van der Waals surface area (Å²) in [6, 6.07) is 14.9. The number of likely N-dealkylation sites (tertiary alicyclic amines) is 1. The first-order valence-electron chi connectivity index (χ1n) is 8.73. The minimum atomic E-state index is -0.458. The second kappa shape index (κ2) is 6.29. The number of carbonyl (C=O) groups excluding carboxylic acids is 1. The van der Waals surface area contributed by atoms with Crippen LogP contribution in [0, 0.1) is 0 Å². The van der Waals surface area contributed by atoms with E-state index in [2.05, 4.69) is 4.98 Å². The maximum absolute atomic E-state index is 12.9. The summed E-state index contributed by atoms with van der Waals surface area (Å²) in [5.41, 5.74) is 1.19. The Balaban J connectivity index is 1.70. The summed E-state index contributed by atoms with van der Waals surface area (Å²) in [6.45, 7) is 2.75. The minimum absolute atomic E-state index is 0.0755. The van der Waals surface area contributed by atoms with Crippen LogP contribution in [0.4, 0.5) is 0 Å². The van der Waals surface area contributed by atoms with Gasteiger partial charge < -0.3 is 9.88 Å². The molecule has 1 atom stereocenters. The van der Waals surface area contributed by atoms with Gasteiger partial charge in [-0.2, -0.15) is 0 Å². The monoisotopic (exact) mass is 349 g/mol. The number of benzene rings is 2. The molecule has 3 aromatic rings. The zero-order valence-electron chi connectivity index (χ0n) is 14.4. The number of hydrogen-bond acceptors (Lipinski definition) is 3. The summed E-state index contributed by atoms with van der Waals surface area (Å²) in [5.74, 6) is -0.0903. The molecule has 6 heteroatoms. The van der Waals surface area contributed by atoms with Gasteiger partial charge >= 0.3 is 5.69 Å². The molecule has 1 fully saturated rings. The number of H-pyrrole nitrogens is 1. The molecule has 132 valence electrons. The normalized spacial score (nSPS) is 16.5. The Morgan fingerprint density at radius 3 is 2.58 bits per heavy atom. The van der Waals surface area contributed by atoms with Crippen molar-refractivity contribution in [2.75, 3.05) is 6.54 Å². The van der Waals surface area contributed by atoms with Gasteiger partial charge in [0.25, 0.3) is 11.5 Å². The molecule has 1 saturated heterocycles. The van der Waals surface area contributed by atoms with E-state index in [1.807, 2.05) is 35.2 Å². The number of aromatic amines is 1. The third-order valence-corrected chi connectivity index (χ3v) is 5.01. The minimum Gasteiger partial charge on any atom is -0.331 e. The summed E-state index contributed by atoms with van der Waals surface area (Å²) in [4.78, 5) is 41.8. The van der Waals surface area contributed by atoms with Gasteiger partial charge in [-0.15, -0.1) is 0 Å². The van der Waals surface area contributed by atoms with E-state index in [-0.39, 0.29) is 17.5 Å². The van der Waals surface area contributed by atoms with Crippen LogP contribution in [-0.2, 0) is 6.54 Å². The Bertz CT molecular complexity index is 1100. The van der Waals surface area contributed by atoms with Gasteiger partial charge in [0.15, 0.2) is 0 Å². The lowest BCUT2D eigenvalue weighted by Gasteiger charge is -2.41. The Morgan fingerprint density at radius 2 is 1.92 bits per heavy atom. The van der Waals surface area contributed by atoms with Crippen molar-refractivity contribution in [3.8, 4) is 0 Å². The summed E-state index contributed by atoms with van der Waals surface area (Å²) in [5, 5.41) is 0.409. The van der Waals surface area contributed by atoms with E-state index < -0.39 is 5.69 Å². The number of fused-ring (bicyclic) bond motifs is 1. The smallest absolute Gasteiger partial charge is 0.328 e. The lowest BCUT2D eigenvalue weighted by atomic mass is 9.93. The molecule has 2 aromatic carbocycles. The molecule has 0 aliphatic carbocycles. The van der Waals surface area contributed by atoms with Gasteiger partial charge in [0, 0.05) is 18.7 Å². The molecule has 1 aliphatic rings. The number of rotatable bonds is 3. The molecule has 26 heavy (non-hydrogen) atoms. The fraction of sp³-hybridized carbons (Fsp3) is 0.250. The number of amides is 1. The van der Waals surface area contributed by atoms with Crippen LogP contribution in [0.1, 0.15) is 35.3 Å². The van der Waals surface area contributed by atoms with Gasteiger partial charge in [0.1, 0.15) is 0 Å². The number of nitrogens with zero attached hydrogens (tertiary/aromatic N) is 2. The van der Waals surface area contributed by atoms with E-state index in [9.17, 15) is 14.4 Å². The Hall–Kier alpha value is -3.15. The Labute approximate surface area is 149 Å². The van der Waals surface area contributed by atoms with E-state index in [0.29, 0.717) is 29.6 Å². The number of nitrogens with one attached hydrogen (secondary N) is 1. The van der Waals surface area contributed by atoms with Crippen LogP contribution >= 0.6 is 0 Å². The first-order valence-corrected chi connectivity index (χ1v) is 8.73. The second-order valence-electron chi connectivity index (χ2n) is 6.45. The van der Waals surface area contributed by atoms with Crippen LogP contribution in [0.3, 0.4) is 0 Å². The van der Waals surface area contributed by atoms with Gasteiger partial charge in [0.2, 0.25) is 0 Å². The highest BCUT2D eigenvalue weighted by molar-refractivity contribution is 5.98. The molecule has 4 rings (SSSR count). The summed E-state index contributed by atoms with van der Waals surface area (Å²) in [7, 11) is 0. The van der Waals surface area contributed by atoms with E-state index in [0.717, 1.165) is 16.6 Å². The summed E-state index contributed by atoms with van der Waals surface area (Å²) < 4.78 is 1.14. The largest absolute Gasteiger partial charge is 0.331 e. The van der Waals surface area contributed by atoms with Gasteiger partial charge in [-0.3, -0.25) is 14.2 Å². The zero-order chi connectivity index (χ0) is 18.3. The van der Waals surface area contributed by atoms with Crippen molar-refractivity contribution < 1.29 is 4.79 Å². The molecule has 0 radical (unpaired) electrons. The van der Waals surface area contributed by atoms with Gasteiger partial charge in [0.05, 0.1) is 16.9 Å². The van der Waals surface area contributed by atoms with Gasteiger partial charge in [-0.05, 0) is 37.1 Å². The molecule has 1 amide bonds. The van der Waals surface area contributed by atoms with Gasteiger partial charge in [-0.1, -0.05) is 30.3 Å². The third kappa shape index (κ3) is 2.54. The molecule has 6 nitrogen and oxygen atoms in total. The molecule has 0 bridgehead atoms. The van der Waals surface area contributed by atoms with Crippen molar-refractivity contribution >= 4 is 16.8 Å². The summed E-state index contributed by atoms with van der Waals surface area (Å²) >= 11 is 0. The molecule has 0 spiro atoms. The van der Waals surface area contributed by atoms with Crippen molar-refractivity contribution in [1.82, 2.24) is 14.5 Å². The fourth-order valence-electron chi connectivity index (χ4n) is 3.49. The van der Waals surface area contributed by atoms with Crippen molar-refractivity contribution in [2.24, 2.45) is 0 Å². The van der Waals surface area contributed by atoms with Crippen molar-refractivity contribution in [1.29, 1.82) is 0 Å².